The number of rotatable bonds is 7. The van der Waals surface area contributed by atoms with Gasteiger partial charge in [0.25, 0.3) is 0 Å². The number of hydrogen-bond acceptors (Lipinski definition) is 4. The first-order valence-electron chi connectivity index (χ1n) is 7.61. The summed E-state index contributed by atoms with van der Waals surface area (Å²) in [6, 6.07) is 7.92. The fourth-order valence-corrected chi connectivity index (χ4v) is 2.71. The Morgan fingerprint density at radius 1 is 1.52 bits per heavy atom. The van der Waals surface area contributed by atoms with Gasteiger partial charge < -0.3 is 15.4 Å². The van der Waals surface area contributed by atoms with Crippen molar-refractivity contribution in [3.63, 3.8) is 0 Å². The highest BCUT2D eigenvalue weighted by atomic mass is 16.5. The van der Waals surface area contributed by atoms with Gasteiger partial charge in [-0.15, -0.1) is 0 Å². The quantitative estimate of drug-likeness (QED) is 0.803. The molecular formula is C16H25N3O2. The molecule has 0 aliphatic carbocycles. The highest BCUT2D eigenvalue weighted by molar-refractivity contribution is 5.92. The van der Waals surface area contributed by atoms with Crippen LogP contribution in [0.2, 0.25) is 0 Å². The van der Waals surface area contributed by atoms with Gasteiger partial charge >= 0.3 is 0 Å². The van der Waals surface area contributed by atoms with Crippen LogP contribution < -0.4 is 15.4 Å². The molecule has 0 saturated carbocycles. The second kappa shape index (κ2) is 8.00. The molecule has 1 aromatic carbocycles. The Bertz CT molecular complexity index is 459. The number of nitrogens with zero attached hydrogens (tertiary/aromatic N) is 1. The normalized spacial score (nSPS) is 18.0. The van der Waals surface area contributed by atoms with Crippen LogP contribution in [0.3, 0.4) is 0 Å². The van der Waals surface area contributed by atoms with Crippen molar-refractivity contribution in [2.75, 3.05) is 38.6 Å². The number of carbonyl (C=O) groups is 1. The number of methoxy groups -OCH3 is 1. The summed E-state index contributed by atoms with van der Waals surface area (Å²) in [5, 5.41) is 6.31. The number of carbonyl (C=O) groups excluding carboxylic acids is 1. The van der Waals surface area contributed by atoms with Crippen LogP contribution in [-0.4, -0.2) is 50.1 Å². The molecule has 1 saturated heterocycles. The molecule has 116 valence electrons. The Morgan fingerprint density at radius 3 is 3.05 bits per heavy atom. The zero-order chi connectivity index (χ0) is 15.1. The predicted octanol–water partition coefficient (Wildman–Crippen LogP) is 1.71. The van der Waals surface area contributed by atoms with Gasteiger partial charge in [-0.1, -0.05) is 13.0 Å². The van der Waals surface area contributed by atoms with Crippen molar-refractivity contribution >= 4 is 11.6 Å². The van der Waals surface area contributed by atoms with Crippen molar-refractivity contribution in [3.05, 3.63) is 24.3 Å². The maximum atomic E-state index is 12.2. The zero-order valence-corrected chi connectivity index (χ0v) is 12.9. The van der Waals surface area contributed by atoms with E-state index in [0.29, 0.717) is 12.6 Å². The fraction of sp³-hybridized carbons (Fsp3) is 0.562. The SMILES string of the molecule is CCCN(CC(=O)Nc1cccc(OC)c1)C1CCNC1. The molecule has 5 nitrogen and oxygen atoms in total. The summed E-state index contributed by atoms with van der Waals surface area (Å²) in [4.78, 5) is 14.5. The molecule has 1 heterocycles. The summed E-state index contributed by atoms with van der Waals surface area (Å²) in [5.74, 6) is 0.779. The lowest BCUT2D eigenvalue weighted by molar-refractivity contribution is -0.117. The monoisotopic (exact) mass is 291 g/mol. The Balaban J connectivity index is 1.91. The van der Waals surface area contributed by atoms with E-state index in [-0.39, 0.29) is 5.91 Å². The van der Waals surface area contributed by atoms with Gasteiger partial charge in [0, 0.05) is 24.3 Å². The van der Waals surface area contributed by atoms with E-state index in [4.69, 9.17) is 4.74 Å². The largest absolute Gasteiger partial charge is 0.497 e. The summed E-state index contributed by atoms with van der Waals surface area (Å²) in [5.41, 5.74) is 0.778. The van der Waals surface area contributed by atoms with Crippen LogP contribution in [-0.2, 0) is 4.79 Å². The van der Waals surface area contributed by atoms with Crippen LogP contribution in [0.5, 0.6) is 5.75 Å². The Hall–Kier alpha value is -1.59. The molecule has 1 unspecified atom stereocenters. The topological polar surface area (TPSA) is 53.6 Å². The molecule has 1 aliphatic rings. The van der Waals surface area contributed by atoms with E-state index in [1.165, 1.54) is 0 Å². The summed E-state index contributed by atoms with van der Waals surface area (Å²) in [6.07, 6.45) is 2.18. The van der Waals surface area contributed by atoms with Crippen LogP contribution in [0.4, 0.5) is 5.69 Å². The summed E-state index contributed by atoms with van der Waals surface area (Å²) in [7, 11) is 1.62. The molecule has 21 heavy (non-hydrogen) atoms. The highest BCUT2D eigenvalue weighted by Crippen LogP contribution is 2.17. The first-order chi connectivity index (χ1) is 10.2. The Morgan fingerprint density at radius 2 is 2.38 bits per heavy atom. The van der Waals surface area contributed by atoms with E-state index < -0.39 is 0 Å². The smallest absolute Gasteiger partial charge is 0.238 e. The summed E-state index contributed by atoms with van der Waals surface area (Å²) < 4.78 is 5.17. The molecule has 0 radical (unpaired) electrons. The molecule has 0 spiro atoms. The van der Waals surface area contributed by atoms with Crippen LogP contribution >= 0.6 is 0 Å². The van der Waals surface area contributed by atoms with E-state index in [1.807, 2.05) is 24.3 Å². The second-order valence-electron chi connectivity index (χ2n) is 5.40. The number of ether oxygens (including phenoxy) is 1. The minimum atomic E-state index is 0.0311. The lowest BCUT2D eigenvalue weighted by atomic mass is 10.2. The van der Waals surface area contributed by atoms with Crippen LogP contribution in [0.25, 0.3) is 0 Å². The predicted molar refractivity (Wildman–Crippen MR) is 84.8 cm³/mol. The molecule has 1 aromatic rings. The van der Waals surface area contributed by atoms with Gasteiger partial charge in [0.05, 0.1) is 13.7 Å². The molecule has 2 N–H and O–H groups in total. The van der Waals surface area contributed by atoms with Crippen molar-refractivity contribution in [2.45, 2.75) is 25.8 Å². The first kappa shape index (κ1) is 15.8. The molecule has 5 heteroatoms. The summed E-state index contributed by atoms with van der Waals surface area (Å²) in [6.45, 7) is 5.57. The van der Waals surface area contributed by atoms with Gasteiger partial charge in [-0.25, -0.2) is 0 Å². The number of anilines is 1. The third-order valence-electron chi connectivity index (χ3n) is 3.76. The van der Waals surface area contributed by atoms with E-state index in [2.05, 4.69) is 22.5 Å². The van der Waals surface area contributed by atoms with Crippen molar-refractivity contribution in [2.24, 2.45) is 0 Å². The van der Waals surface area contributed by atoms with Gasteiger partial charge in [0.2, 0.25) is 5.91 Å². The number of hydrogen-bond donors (Lipinski definition) is 2. The van der Waals surface area contributed by atoms with Crippen molar-refractivity contribution in [1.29, 1.82) is 0 Å². The molecule has 1 fully saturated rings. The zero-order valence-electron chi connectivity index (χ0n) is 12.9. The van der Waals surface area contributed by atoms with Crippen molar-refractivity contribution in [1.82, 2.24) is 10.2 Å². The van der Waals surface area contributed by atoms with E-state index in [9.17, 15) is 4.79 Å². The van der Waals surface area contributed by atoms with Gasteiger partial charge in [-0.3, -0.25) is 9.69 Å². The lowest BCUT2D eigenvalue weighted by Crippen LogP contribution is -2.42. The highest BCUT2D eigenvalue weighted by Gasteiger charge is 2.23. The number of amides is 1. The van der Waals surface area contributed by atoms with Crippen molar-refractivity contribution in [3.8, 4) is 5.75 Å². The van der Waals surface area contributed by atoms with Crippen LogP contribution in [0.15, 0.2) is 24.3 Å². The van der Waals surface area contributed by atoms with Crippen molar-refractivity contribution < 1.29 is 9.53 Å². The Kier molecular flexibility index (Phi) is 6.02. The molecule has 0 bridgehead atoms. The standard InChI is InChI=1S/C16H25N3O2/c1-3-9-19(14-7-8-17-11-14)12-16(20)18-13-5-4-6-15(10-13)21-2/h4-6,10,14,17H,3,7-9,11-12H2,1-2H3,(H,18,20). The van der Waals surface area contributed by atoms with Gasteiger partial charge in [-0.2, -0.15) is 0 Å². The average Bonchev–Trinajstić information content (AvgIpc) is 3.01. The number of benzene rings is 1. The molecule has 2 rings (SSSR count). The lowest BCUT2D eigenvalue weighted by Gasteiger charge is -2.27. The number of nitrogens with one attached hydrogen (secondary N) is 2. The molecule has 1 amide bonds. The Labute approximate surface area is 126 Å². The molecule has 0 aromatic heterocycles. The first-order valence-corrected chi connectivity index (χ1v) is 7.61. The third kappa shape index (κ3) is 4.72. The summed E-state index contributed by atoms with van der Waals surface area (Å²) >= 11 is 0. The second-order valence-corrected chi connectivity index (χ2v) is 5.40. The van der Waals surface area contributed by atoms with E-state index >= 15 is 0 Å². The van der Waals surface area contributed by atoms with Crippen LogP contribution in [0.1, 0.15) is 19.8 Å². The molecule has 1 atom stereocenters. The molecule has 1 aliphatic heterocycles. The van der Waals surface area contributed by atoms with E-state index in [0.717, 1.165) is 43.9 Å². The van der Waals surface area contributed by atoms with Crippen LogP contribution in [0, 0.1) is 0 Å². The third-order valence-corrected chi connectivity index (χ3v) is 3.76. The average molecular weight is 291 g/mol. The maximum absolute atomic E-state index is 12.2. The fourth-order valence-electron chi connectivity index (χ4n) is 2.71. The maximum Gasteiger partial charge on any atom is 0.238 e. The van der Waals surface area contributed by atoms with Gasteiger partial charge in [0.15, 0.2) is 0 Å². The minimum absolute atomic E-state index is 0.0311. The van der Waals surface area contributed by atoms with Gasteiger partial charge in [0.1, 0.15) is 5.75 Å². The van der Waals surface area contributed by atoms with Gasteiger partial charge in [-0.05, 0) is 38.1 Å². The minimum Gasteiger partial charge on any atom is -0.497 e. The van der Waals surface area contributed by atoms with E-state index in [1.54, 1.807) is 7.11 Å². The molecular weight excluding hydrogens is 266 g/mol.